The van der Waals surface area contributed by atoms with Gasteiger partial charge in [-0.3, -0.25) is 9.78 Å². The Kier molecular flexibility index (Phi) is 7.91. The molecule has 162 valence electrons. The van der Waals surface area contributed by atoms with Crippen molar-refractivity contribution in [3.63, 3.8) is 0 Å². The number of benzene rings is 2. The lowest BCUT2D eigenvalue weighted by atomic mass is 10.2. The van der Waals surface area contributed by atoms with Crippen molar-refractivity contribution in [3.05, 3.63) is 93.2 Å². The van der Waals surface area contributed by atoms with Crippen LogP contribution in [0, 0.1) is 0 Å². The Morgan fingerprint density at radius 1 is 0.935 bits per heavy atom. The van der Waals surface area contributed by atoms with Gasteiger partial charge in [-0.05, 0) is 48.5 Å². The Hall–Kier alpha value is -2.16. The van der Waals surface area contributed by atoms with Gasteiger partial charge >= 0.3 is 0 Å². The van der Waals surface area contributed by atoms with E-state index >= 15 is 0 Å². The van der Waals surface area contributed by atoms with Gasteiger partial charge in [0.15, 0.2) is 0 Å². The third kappa shape index (κ3) is 6.18. The number of amides is 1. The molecule has 0 aliphatic carbocycles. The minimum absolute atomic E-state index is 0.00222. The second kappa shape index (κ2) is 10.4. The van der Waals surface area contributed by atoms with E-state index in [2.05, 4.69) is 10.3 Å². The zero-order chi connectivity index (χ0) is 22.4. The fourth-order valence-electron chi connectivity index (χ4n) is 2.75. The molecule has 6 nitrogen and oxygen atoms in total. The minimum atomic E-state index is -4.05. The van der Waals surface area contributed by atoms with Crippen LogP contribution in [0.25, 0.3) is 0 Å². The quantitative estimate of drug-likeness (QED) is 0.494. The molecule has 1 heterocycles. The predicted molar refractivity (Wildman–Crippen MR) is 122 cm³/mol. The predicted octanol–water partition coefficient (Wildman–Crippen LogP) is 4.55. The second-order valence-corrected chi connectivity index (χ2v) is 9.71. The number of nitrogens with zero attached hydrogens (tertiary/aromatic N) is 2. The van der Waals surface area contributed by atoms with Crippen LogP contribution in [0.15, 0.2) is 71.8 Å². The average molecular weight is 499 g/mol. The maximum absolute atomic E-state index is 13.3. The molecule has 0 bridgehead atoms. The highest BCUT2D eigenvalue weighted by atomic mass is 35.5. The molecule has 0 saturated heterocycles. The Morgan fingerprint density at radius 3 is 2.23 bits per heavy atom. The monoisotopic (exact) mass is 497 g/mol. The van der Waals surface area contributed by atoms with Gasteiger partial charge in [-0.15, -0.1) is 0 Å². The number of halogens is 3. The lowest BCUT2D eigenvalue weighted by Crippen LogP contribution is -2.40. The van der Waals surface area contributed by atoms with Gasteiger partial charge in [-0.2, -0.15) is 4.31 Å². The molecule has 1 N–H and O–H groups in total. The number of carbonyl (C=O) groups excluding carboxylic acids is 1. The summed E-state index contributed by atoms with van der Waals surface area (Å²) in [6, 6.07) is 15.9. The van der Waals surface area contributed by atoms with Gasteiger partial charge in [0.25, 0.3) is 0 Å². The summed E-state index contributed by atoms with van der Waals surface area (Å²) in [5.74, 6) is -0.494. The molecule has 3 aromatic rings. The van der Waals surface area contributed by atoms with Crippen LogP contribution >= 0.6 is 34.8 Å². The summed E-state index contributed by atoms with van der Waals surface area (Å²) < 4.78 is 27.6. The molecular weight excluding hydrogens is 481 g/mol. The van der Waals surface area contributed by atoms with Crippen molar-refractivity contribution >= 4 is 50.7 Å². The van der Waals surface area contributed by atoms with Gasteiger partial charge in [0, 0.05) is 33.4 Å². The number of carbonyl (C=O) groups is 1. The van der Waals surface area contributed by atoms with Gasteiger partial charge < -0.3 is 5.32 Å². The number of hydrogen-bond donors (Lipinski definition) is 1. The molecular formula is C21H18Cl3N3O3S. The van der Waals surface area contributed by atoms with E-state index in [1.54, 1.807) is 42.6 Å². The highest BCUT2D eigenvalue weighted by Gasteiger charge is 2.28. The van der Waals surface area contributed by atoms with Crippen molar-refractivity contribution in [2.24, 2.45) is 0 Å². The molecule has 0 aliphatic heterocycles. The van der Waals surface area contributed by atoms with Gasteiger partial charge in [0.2, 0.25) is 15.9 Å². The molecule has 3 rings (SSSR count). The summed E-state index contributed by atoms with van der Waals surface area (Å²) in [6.45, 7) is -0.443. The van der Waals surface area contributed by atoms with Gasteiger partial charge in [0.1, 0.15) is 0 Å². The zero-order valence-corrected chi connectivity index (χ0v) is 19.2. The number of rotatable bonds is 8. The number of aromatic nitrogens is 1. The first-order chi connectivity index (χ1) is 14.8. The molecule has 10 heteroatoms. The molecule has 1 amide bonds. The third-order valence-corrected chi connectivity index (χ3v) is 7.13. The Labute approximate surface area is 195 Å². The summed E-state index contributed by atoms with van der Waals surface area (Å²) >= 11 is 18.4. The van der Waals surface area contributed by atoms with Crippen molar-refractivity contribution in [2.45, 2.75) is 18.0 Å². The van der Waals surface area contributed by atoms with Crippen molar-refractivity contribution in [3.8, 4) is 0 Å². The molecule has 0 fully saturated rings. The summed E-state index contributed by atoms with van der Waals surface area (Å²) in [4.78, 5) is 16.7. The molecule has 0 saturated carbocycles. The minimum Gasteiger partial charge on any atom is -0.349 e. The average Bonchev–Trinajstić information content (AvgIpc) is 2.75. The Balaban J connectivity index is 1.86. The van der Waals surface area contributed by atoms with Crippen LogP contribution in [0.1, 0.15) is 11.3 Å². The zero-order valence-electron chi connectivity index (χ0n) is 16.1. The molecule has 1 aromatic heterocycles. The molecule has 2 aromatic carbocycles. The topological polar surface area (TPSA) is 79.4 Å². The number of hydrogen-bond acceptors (Lipinski definition) is 4. The maximum atomic E-state index is 13.3. The van der Waals surface area contributed by atoms with E-state index in [4.69, 9.17) is 34.8 Å². The van der Waals surface area contributed by atoms with E-state index in [0.29, 0.717) is 26.3 Å². The lowest BCUT2D eigenvalue weighted by Gasteiger charge is -2.23. The van der Waals surface area contributed by atoms with Crippen LogP contribution in [-0.2, 0) is 27.9 Å². The first-order valence-corrected chi connectivity index (χ1v) is 11.7. The third-order valence-electron chi connectivity index (χ3n) is 4.36. The number of pyridine rings is 1. The lowest BCUT2D eigenvalue weighted by molar-refractivity contribution is -0.121. The molecule has 0 spiro atoms. The molecule has 0 atom stereocenters. The van der Waals surface area contributed by atoms with Crippen LogP contribution in [0.5, 0.6) is 0 Å². The highest BCUT2D eigenvalue weighted by Crippen LogP contribution is 2.28. The molecule has 31 heavy (non-hydrogen) atoms. The van der Waals surface area contributed by atoms with E-state index in [1.165, 1.54) is 24.3 Å². The van der Waals surface area contributed by atoms with E-state index in [-0.39, 0.29) is 18.0 Å². The van der Waals surface area contributed by atoms with E-state index in [1.807, 2.05) is 0 Å². The van der Waals surface area contributed by atoms with Crippen LogP contribution < -0.4 is 5.32 Å². The highest BCUT2D eigenvalue weighted by molar-refractivity contribution is 7.89. The fraction of sp³-hybridized carbons (Fsp3) is 0.143. The molecule has 0 unspecified atom stereocenters. The van der Waals surface area contributed by atoms with Gasteiger partial charge in [0.05, 0.1) is 23.7 Å². The van der Waals surface area contributed by atoms with Crippen LogP contribution in [0.2, 0.25) is 15.1 Å². The Bertz CT molecular complexity index is 1140. The summed E-state index contributed by atoms with van der Waals surface area (Å²) in [5, 5.41) is 3.69. The smallest absolute Gasteiger partial charge is 0.243 e. The molecule has 0 aliphatic rings. The van der Waals surface area contributed by atoms with Crippen molar-refractivity contribution in [1.29, 1.82) is 0 Å². The number of nitrogens with one attached hydrogen (secondary N) is 1. The second-order valence-electron chi connectivity index (χ2n) is 6.53. The van der Waals surface area contributed by atoms with Crippen LogP contribution in [-0.4, -0.2) is 30.2 Å². The normalized spacial score (nSPS) is 11.5. The van der Waals surface area contributed by atoms with E-state index < -0.39 is 22.5 Å². The van der Waals surface area contributed by atoms with Crippen molar-refractivity contribution in [1.82, 2.24) is 14.6 Å². The fourth-order valence-corrected chi connectivity index (χ4v) is 4.76. The number of sulfonamides is 1. The van der Waals surface area contributed by atoms with Crippen molar-refractivity contribution in [2.75, 3.05) is 6.54 Å². The first kappa shape index (κ1) is 23.5. The van der Waals surface area contributed by atoms with Gasteiger partial charge in [-0.25, -0.2) is 8.42 Å². The first-order valence-electron chi connectivity index (χ1n) is 9.12. The Morgan fingerprint density at radius 2 is 1.61 bits per heavy atom. The van der Waals surface area contributed by atoms with Crippen LogP contribution in [0.3, 0.4) is 0 Å². The SMILES string of the molecule is O=C(CN(Cc1c(Cl)cccc1Cl)S(=O)(=O)c1ccc(Cl)cc1)NCc1ccccn1. The maximum Gasteiger partial charge on any atom is 0.243 e. The standard InChI is InChI=1S/C21H18Cl3N3O3S/c22-15-7-9-17(10-8-15)31(29,30)27(13-18-19(23)5-3-6-20(18)24)14-21(28)26-12-16-4-1-2-11-25-16/h1-11H,12-14H2,(H,26,28). The van der Waals surface area contributed by atoms with E-state index in [9.17, 15) is 13.2 Å². The summed E-state index contributed by atoms with van der Waals surface area (Å²) in [5.41, 5.74) is 1.05. The van der Waals surface area contributed by atoms with E-state index in [0.717, 1.165) is 4.31 Å². The summed E-state index contributed by atoms with van der Waals surface area (Å²) in [7, 11) is -4.05. The largest absolute Gasteiger partial charge is 0.349 e. The molecule has 0 radical (unpaired) electrons. The van der Waals surface area contributed by atoms with Crippen LogP contribution in [0.4, 0.5) is 0 Å². The van der Waals surface area contributed by atoms with Crippen molar-refractivity contribution < 1.29 is 13.2 Å². The summed E-state index contributed by atoms with van der Waals surface area (Å²) in [6.07, 6.45) is 1.61. The van der Waals surface area contributed by atoms with Gasteiger partial charge in [-0.1, -0.05) is 46.9 Å².